The fourth-order valence-electron chi connectivity index (χ4n) is 2.97. The summed E-state index contributed by atoms with van der Waals surface area (Å²) in [6, 6.07) is 6.05. The van der Waals surface area contributed by atoms with Crippen molar-refractivity contribution in [3.05, 3.63) is 18.2 Å². The van der Waals surface area contributed by atoms with Gasteiger partial charge in [-0.3, -0.25) is 0 Å². The van der Waals surface area contributed by atoms with Crippen LogP contribution in [0.3, 0.4) is 0 Å². The minimum absolute atomic E-state index is 0.898. The molecule has 1 saturated carbocycles. The van der Waals surface area contributed by atoms with Crippen LogP contribution in [0.2, 0.25) is 0 Å². The van der Waals surface area contributed by atoms with Crippen molar-refractivity contribution in [1.29, 1.82) is 0 Å². The average molecular weight is 290 g/mol. The van der Waals surface area contributed by atoms with Crippen molar-refractivity contribution in [1.82, 2.24) is 4.98 Å². The van der Waals surface area contributed by atoms with Crippen molar-refractivity contribution in [3.63, 3.8) is 0 Å². The van der Waals surface area contributed by atoms with Crippen LogP contribution in [0.25, 0.3) is 10.2 Å². The van der Waals surface area contributed by atoms with Gasteiger partial charge in [0.05, 0.1) is 17.3 Å². The predicted molar refractivity (Wildman–Crippen MR) is 85.9 cm³/mol. The molecule has 1 N–H and O–H groups in total. The zero-order valence-electron chi connectivity index (χ0n) is 12.0. The number of hydrogen-bond acceptors (Lipinski definition) is 4. The fourth-order valence-corrected chi connectivity index (χ4v) is 3.89. The first-order valence-corrected chi connectivity index (χ1v) is 8.35. The smallest absolute Gasteiger partial charge is 0.183 e. The van der Waals surface area contributed by atoms with Crippen LogP contribution >= 0.6 is 11.3 Å². The molecule has 0 bridgehead atoms. The number of fused-ring (bicyclic) bond motifs is 1. The molecule has 3 rings (SSSR count). The van der Waals surface area contributed by atoms with Crippen LogP contribution in [0.15, 0.2) is 18.2 Å². The van der Waals surface area contributed by atoms with Crippen LogP contribution in [-0.2, 0) is 0 Å². The largest absolute Gasteiger partial charge is 0.497 e. The molecule has 2 aromatic rings. The molecule has 0 aliphatic heterocycles. The van der Waals surface area contributed by atoms with Crippen LogP contribution in [0.4, 0.5) is 5.13 Å². The standard InChI is InChI=1S/C16H22N2OS/c1-19-13-7-8-14-15(11-13)20-16(18-14)17-10-9-12-5-3-2-4-6-12/h7-8,11-12H,2-6,9-10H2,1H3,(H,17,18). The molecule has 1 aliphatic rings. The van der Waals surface area contributed by atoms with Crippen LogP contribution in [-0.4, -0.2) is 18.6 Å². The number of methoxy groups -OCH3 is 1. The summed E-state index contributed by atoms with van der Waals surface area (Å²) in [5.74, 6) is 1.82. The maximum atomic E-state index is 5.25. The van der Waals surface area contributed by atoms with E-state index in [0.717, 1.165) is 28.9 Å². The van der Waals surface area contributed by atoms with Crippen molar-refractivity contribution >= 4 is 26.7 Å². The second-order valence-corrected chi connectivity index (χ2v) is 6.60. The van der Waals surface area contributed by atoms with Crippen molar-refractivity contribution in [3.8, 4) is 5.75 Å². The van der Waals surface area contributed by atoms with Gasteiger partial charge in [0.25, 0.3) is 0 Å². The summed E-state index contributed by atoms with van der Waals surface area (Å²) in [6.07, 6.45) is 8.39. The number of nitrogens with one attached hydrogen (secondary N) is 1. The molecule has 4 heteroatoms. The zero-order valence-corrected chi connectivity index (χ0v) is 12.8. The Morgan fingerprint density at radius 1 is 1.30 bits per heavy atom. The summed E-state index contributed by atoms with van der Waals surface area (Å²) in [7, 11) is 1.70. The highest BCUT2D eigenvalue weighted by atomic mass is 32.1. The number of ether oxygens (including phenoxy) is 1. The predicted octanol–water partition coefficient (Wildman–Crippen LogP) is 4.69. The van der Waals surface area contributed by atoms with Gasteiger partial charge < -0.3 is 10.1 Å². The lowest BCUT2D eigenvalue weighted by Gasteiger charge is -2.21. The van der Waals surface area contributed by atoms with Gasteiger partial charge in [-0.1, -0.05) is 43.4 Å². The van der Waals surface area contributed by atoms with Crippen LogP contribution in [0.1, 0.15) is 38.5 Å². The van der Waals surface area contributed by atoms with E-state index in [-0.39, 0.29) is 0 Å². The Balaban J connectivity index is 1.57. The summed E-state index contributed by atoms with van der Waals surface area (Å²) in [5, 5.41) is 4.52. The van der Waals surface area contributed by atoms with Crippen LogP contribution in [0, 0.1) is 5.92 Å². The molecule has 0 unspecified atom stereocenters. The molecule has 0 amide bonds. The van der Waals surface area contributed by atoms with Gasteiger partial charge in [-0.2, -0.15) is 0 Å². The van der Waals surface area contributed by atoms with E-state index in [2.05, 4.69) is 16.4 Å². The Hall–Kier alpha value is -1.29. The molecule has 1 heterocycles. The molecule has 1 aliphatic carbocycles. The zero-order chi connectivity index (χ0) is 13.8. The second kappa shape index (κ2) is 6.44. The van der Waals surface area contributed by atoms with E-state index in [1.54, 1.807) is 18.4 Å². The lowest BCUT2D eigenvalue weighted by atomic mass is 9.87. The molecule has 1 fully saturated rings. The van der Waals surface area contributed by atoms with Crippen molar-refractivity contribution in [2.24, 2.45) is 5.92 Å². The Morgan fingerprint density at radius 3 is 2.95 bits per heavy atom. The third-order valence-corrected chi connectivity index (χ3v) is 5.13. The number of hydrogen-bond donors (Lipinski definition) is 1. The van der Waals surface area contributed by atoms with E-state index < -0.39 is 0 Å². The summed E-state index contributed by atoms with van der Waals surface area (Å²) in [5.41, 5.74) is 1.05. The van der Waals surface area contributed by atoms with E-state index in [0.29, 0.717) is 0 Å². The number of rotatable bonds is 5. The third-order valence-electron chi connectivity index (χ3n) is 4.15. The maximum absolute atomic E-state index is 5.25. The van der Waals surface area contributed by atoms with E-state index >= 15 is 0 Å². The van der Waals surface area contributed by atoms with E-state index in [1.807, 2.05) is 12.1 Å². The number of benzene rings is 1. The van der Waals surface area contributed by atoms with Gasteiger partial charge in [-0.05, 0) is 30.5 Å². The third kappa shape index (κ3) is 3.23. The summed E-state index contributed by atoms with van der Waals surface area (Å²) < 4.78 is 6.44. The van der Waals surface area contributed by atoms with Gasteiger partial charge in [-0.15, -0.1) is 0 Å². The molecule has 20 heavy (non-hydrogen) atoms. The van der Waals surface area contributed by atoms with Gasteiger partial charge in [-0.25, -0.2) is 4.98 Å². The summed E-state index contributed by atoms with van der Waals surface area (Å²) in [4.78, 5) is 4.62. The highest BCUT2D eigenvalue weighted by molar-refractivity contribution is 7.22. The monoisotopic (exact) mass is 290 g/mol. The highest BCUT2D eigenvalue weighted by Crippen LogP contribution is 2.30. The Morgan fingerprint density at radius 2 is 2.15 bits per heavy atom. The van der Waals surface area contributed by atoms with Gasteiger partial charge in [0.2, 0.25) is 0 Å². The van der Waals surface area contributed by atoms with Gasteiger partial charge in [0.1, 0.15) is 5.75 Å². The van der Waals surface area contributed by atoms with Gasteiger partial charge in [0, 0.05) is 6.54 Å². The molecule has 0 spiro atoms. The van der Waals surface area contributed by atoms with Crippen molar-refractivity contribution < 1.29 is 4.74 Å². The maximum Gasteiger partial charge on any atom is 0.183 e. The first-order valence-electron chi connectivity index (χ1n) is 7.53. The lowest BCUT2D eigenvalue weighted by Crippen LogP contribution is -2.11. The second-order valence-electron chi connectivity index (χ2n) is 5.57. The highest BCUT2D eigenvalue weighted by Gasteiger charge is 2.13. The Kier molecular flexibility index (Phi) is 4.41. The summed E-state index contributed by atoms with van der Waals surface area (Å²) in [6.45, 7) is 1.04. The van der Waals surface area contributed by atoms with Crippen LogP contribution < -0.4 is 10.1 Å². The Labute approximate surface area is 124 Å². The molecule has 0 radical (unpaired) electrons. The molecule has 1 aromatic carbocycles. The quantitative estimate of drug-likeness (QED) is 0.867. The SMILES string of the molecule is COc1ccc2nc(NCCC3CCCCC3)sc2c1. The lowest BCUT2D eigenvalue weighted by molar-refractivity contribution is 0.345. The van der Waals surface area contributed by atoms with Gasteiger partial charge >= 0.3 is 0 Å². The van der Waals surface area contributed by atoms with Crippen molar-refractivity contribution in [2.75, 3.05) is 19.0 Å². The number of nitrogens with zero attached hydrogens (tertiary/aromatic N) is 1. The number of anilines is 1. The minimum atomic E-state index is 0.898. The Bertz CT molecular complexity index is 561. The molecule has 0 saturated heterocycles. The summed E-state index contributed by atoms with van der Waals surface area (Å²) >= 11 is 1.71. The van der Waals surface area contributed by atoms with E-state index in [1.165, 1.54) is 43.2 Å². The van der Waals surface area contributed by atoms with Crippen molar-refractivity contribution in [2.45, 2.75) is 38.5 Å². The first kappa shape index (κ1) is 13.7. The molecular formula is C16H22N2OS. The fraction of sp³-hybridized carbons (Fsp3) is 0.562. The topological polar surface area (TPSA) is 34.1 Å². The number of thiazole rings is 1. The van der Waals surface area contributed by atoms with Gasteiger partial charge in [0.15, 0.2) is 5.13 Å². The minimum Gasteiger partial charge on any atom is -0.497 e. The van der Waals surface area contributed by atoms with E-state index in [4.69, 9.17) is 4.74 Å². The average Bonchev–Trinajstić information content (AvgIpc) is 2.90. The molecule has 1 aromatic heterocycles. The number of aromatic nitrogens is 1. The van der Waals surface area contributed by atoms with E-state index in [9.17, 15) is 0 Å². The molecule has 0 atom stereocenters. The van der Waals surface area contributed by atoms with Crippen LogP contribution in [0.5, 0.6) is 5.75 Å². The molecule has 108 valence electrons. The normalized spacial score (nSPS) is 16.4. The molecule has 3 nitrogen and oxygen atoms in total. The molecular weight excluding hydrogens is 268 g/mol. The first-order chi connectivity index (χ1) is 9.85.